The molecule has 0 radical (unpaired) electrons. The van der Waals surface area contributed by atoms with Crippen molar-refractivity contribution in [2.75, 3.05) is 26.2 Å². The Bertz CT molecular complexity index is 377. The van der Waals surface area contributed by atoms with E-state index in [1.165, 1.54) is 0 Å². The molecule has 1 aromatic carbocycles. The average molecular weight is 378 g/mol. The smallest absolute Gasteiger partial charge is 0.258 e. The highest BCUT2D eigenvalue weighted by Gasteiger charge is 2.29. The monoisotopic (exact) mass is 376 g/mol. The molecule has 1 fully saturated rings. The number of benzene rings is 1. The van der Waals surface area contributed by atoms with Gasteiger partial charge in [-0.05, 0) is 17.7 Å². The Morgan fingerprint density at radius 2 is 1.79 bits per heavy atom. The number of halogens is 5. The van der Waals surface area contributed by atoms with Crippen molar-refractivity contribution < 1.29 is 8.78 Å². The fraction of sp³-hybridized carbons (Fsp3) is 0.500. The zero-order valence-electron chi connectivity index (χ0n) is 10.2. The van der Waals surface area contributed by atoms with Crippen LogP contribution in [-0.2, 0) is 0 Å². The van der Waals surface area contributed by atoms with E-state index in [-0.39, 0.29) is 24.8 Å². The molecular formula is C12H17BrCl2F2N2. The Labute approximate surface area is 132 Å². The van der Waals surface area contributed by atoms with E-state index in [0.29, 0.717) is 18.7 Å². The summed E-state index contributed by atoms with van der Waals surface area (Å²) in [5.74, 6) is 0. The Hall–Kier alpha value is 0.0600. The van der Waals surface area contributed by atoms with Gasteiger partial charge in [-0.15, -0.1) is 24.8 Å². The minimum Gasteiger partial charge on any atom is -0.314 e. The summed E-state index contributed by atoms with van der Waals surface area (Å²) < 4.78 is 27.3. The van der Waals surface area contributed by atoms with Gasteiger partial charge in [-0.3, -0.25) is 4.90 Å². The van der Waals surface area contributed by atoms with Crippen molar-refractivity contribution in [3.8, 4) is 0 Å². The molecule has 1 saturated heterocycles. The molecule has 1 aliphatic heterocycles. The average Bonchev–Trinajstić information content (AvgIpc) is 2.30. The second-order valence-electron chi connectivity index (χ2n) is 4.12. The van der Waals surface area contributed by atoms with Gasteiger partial charge in [0, 0.05) is 30.7 Å². The predicted octanol–water partition coefficient (Wildman–Crippen LogP) is 3.50. The van der Waals surface area contributed by atoms with E-state index in [2.05, 4.69) is 21.2 Å². The van der Waals surface area contributed by atoms with Gasteiger partial charge in [0.2, 0.25) is 0 Å². The molecule has 0 bridgehead atoms. The quantitative estimate of drug-likeness (QED) is 0.867. The third-order valence-electron chi connectivity index (χ3n) is 2.97. The number of hydrogen-bond donors (Lipinski definition) is 1. The van der Waals surface area contributed by atoms with E-state index in [9.17, 15) is 8.78 Å². The molecule has 2 rings (SSSR count). The van der Waals surface area contributed by atoms with Crippen molar-refractivity contribution in [3.05, 3.63) is 34.3 Å². The minimum atomic E-state index is -2.36. The molecule has 7 heteroatoms. The molecule has 1 aliphatic rings. The predicted molar refractivity (Wildman–Crippen MR) is 81.8 cm³/mol. The van der Waals surface area contributed by atoms with Crippen LogP contribution in [0, 0.1) is 0 Å². The molecule has 110 valence electrons. The number of piperazine rings is 1. The van der Waals surface area contributed by atoms with Gasteiger partial charge in [0.05, 0.1) is 6.04 Å². The first-order valence-corrected chi connectivity index (χ1v) is 6.46. The second kappa shape index (κ2) is 9.08. The number of nitrogens with zero attached hydrogens (tertiary/aromatic N) is 1. The van der Waals surface area contributed by atoms with Crippen molar-refractivity contribution in [3.63, 3.8) is 0 Å². The van der Waals surface area contributed by atoms with Crippen molar-refractivity contribution in [2.45, 2.75) is 12.5 Å². The highest BCUT2D eigenvalue weighted by atomic mass is 79.9. The van der Waals surface area contributed by atoms with Crippen LogP contribution in [0.25, 0.3) is 0 Å². The Morgan fingerprint density at radius 3 is 2.32 bits per heavy atom. The first-order chi connectivity index (χ1) is 8.18. The topological polar surface area (TPSA) is 15.3 Å². The van der Waals surface area contributed by atoms with Crippen LogP contribution in [0.3, 0.4) is 0 Å². The maximum absolute atomic E-state index is 13.2. The molecule has 0 aliphatic carbocycles. The number of hydrogen-bond acceptors (Lipinski definition) is 2. The van der Waals surface area contributed by atoms with Gasteiger partial charge in [-0.25, -0.2) is 8.78 Å². The molecule has 1 N–H and O–H groups in total. The number of rotatable bonds is 3. The maximum Gasteiger partial charge on any atom is 0.258 e. The van der Waals surface area contributed by atoms with Crippen molar-refractivity contribution in [1.29, 1.82) is 0 Å². The normalized spacial score (nSPS) is 17.5. The number of nitrogens with one attached hydrogen (secondary N) is 1. The van der Waals surface area contributed by atoms with Gasteiger partial charge in [-0.1, -0.05) is 28.1 Å². The largest absolute Gasteiger partial charge is 0.314 e. The summed E-state index contributed by atoms with van der Waals surface area (Å²) in [6.07, 6.45) is -2.36. The van der Waals surface area contributed by atoms with Crippen molar-refractivity contribution in [2.24, 2.45) is 0 Å². The van der Waals surface area contributed by atoms with E-state index < -0.39 is 12.5 Å². The van der Waals surface area contributed by atoms with Gasteiger partial charge in [-0.2, -0.15) is 0 Å². The highest BCUT2D eigenvalue weighted by Crippen LogP contribution is 2.29. The van der Waals surface area contributed by atoms with Gasteiger partial charge < -0.3 is 5.32 Å². The van der Waals surface area contributed by atoms with Crippen LogP contribution >= 0.6 is 40.7 Å². The lowest BCUT2D eigenvalue weighted by Crippen LogP contribution is -2.46. The fourth-order valence-electron chi connectivity index (χ4n) is 2.17. The molecule has 0 saturated carbocycles. The Kier molecular flexibility index (Phi) is 9.11. The molecule has 2 nitrogen and oxygen atoms in total. The van der Waals surface area contributed by atoms with Gasteiger partial charge in [0.25, 0.3) is 6.43 Å². The van der Waals surface area contributed by atoms with Crippen LogP contribution in [0.15, 0.2) is 28.7 Å². The van der Waals surface area contributed by atoms with E-state index in [1.54, 1.807) is 18.2 Å². The van der Waals surface area contributed by atoms with Crippen LogP contribution in [0.1, 0.15) is 11.6 Å². The molecule has 0 amide bonds. The molecule has 1 heterocycles. The first-order valence-electron chi connectivity index (χ1n) is 5.67. The zero-order valence-corrected chi connectivity index (χ0v) is 13.4. The fourth-order valence-corrected chi connectivity index (χ4v) is 2.58. The van der Waals surface area contributed by atoms with E-state index >= 15 is 0 Å². The second-order valence-corrected chi connectivity index (χ2v) is 5.04. The summed E-state index contributed by atoms with van der Waals surface area (Å²) in [5.41, 5.74) is 0.677. The van der Waals surface area contributed by atoms with Crippen LogP contribution < -0.4 is 5.32 Å². The molecule has 1 aromatic rings. The van der Waals surface area contributed by atoms with Crippen LogP contribution in [0.5, 0.6) is 0 Å². The van der Waals surface area contributed by atoms with Crippen LogP contribution in [-0.4, -0.2) is 37.5 Å². The SMILES string of the molecule is Cl.Cl.FC(F)[C@@H](c1cccc(Br)c1)N1CCNCC1. The summed E-state index contributed by atoms with van der Waals surface area (Å²) in [6, 6.07) is 6.40. The van der Waals surface area contributed by atoms with Gasteiger partial charge in [0.15, 0.2) is 0 Å². The highest BCUT2D eigenvalue weighted by molar-refractivity contribution is 9.10. The summed E-state index contributed by atoms with van der Waals surface area (Å²) >= 11 is 3.33. The number of alkyl halides is 2. The summed E-state index contributed by atoms with van der Waals surface area (Å²) in [7, 11) is 0. The molecule has 19 heavy (non-hydrogen) atoms. The van der Waals surface area contributed by atoms with Gasteiger partial charge in [0.1, 0.15) is 0 Å². The summed E-state index contributed by atoms with van der Waals surface area (Å²) in [4.78, 5) is 1.85. The summed E-state index contributed by atoms with van der Waals surface area (Å²) in [5, 5.41) is 3.18. The lowest BCUT2D eigenvalue weighted by molar-refractivity contribution is 0.0181. The molecule has 0 aromatic heterocycles. The van der Waals surface area contributed by atoms with E-state index in [0.717, 1.165) is 17.6 Å². The minimum absolute atomic E-state index is 0. The zero-order chi connectivity index (χ0) is 12.3. The lowest BCUT2D eigenvalue weighted by Gasteiger charge is -2.34. The maximum atomic E-state index is 13.2. The van der Waals surface area contributed by atoms with Crippen molar-refractivity contribution in [1.82, 2.24) is 10.2 Å². The van der Waals surface area contributed by atoms with Crippen molar-refractivity contribution >= 4 is 40.7 Å². The van der Waals surface area contributed by atoms with Crippen LogP contribution in [0.2, 0.25) is 0 Å². The standard InChI is InChI=1S/C12H15BrF2N2.2ClH/c13-10-3-1-2-9(8-10)11(12(14)15)17-6-4-16-5-7-17;;/h1-3,8,11-12,16H,4-7H2;2*1H/t11-;;/m1../s1. The van der Waals surface area contributed by atoms with E-state index in [4.69, 9.17) is 0 Å². The Balaban J connectivity index is 0.00000162. The third-order valence-corrected chi connectivity index (χ3v) is 3.47. The van der Waals surface area contributed by atoms with Crippen LogP contribution in [0.4, 0.5) is 8.78 Å². The molecule has 0 unspecified atom stereocenters. The molecule has 1 atom stereocenters. The summed E-state index contributed by atoms with van der Waals surface area (Å²) in [6.45, 7) is 2.89. The molecular weight excluding hydrogens is 361 g/mol. The van der Waals surface area contributed by atoms with E-state index in [1.807, 2.05) is 11.0 Å². The third kappa shape index (κ3) is 5.16. The first kappa shape index (κ1) is 19.1. The molecule has 0 spiro atoms. The van der Waals surface area contributed by atoms with Gasteiger partial charge >= 0.3 is 0 Å². The Morgan fingerprint density at radius 1 is 1.16 bits per heavy atom. The lowest BCUT2D eigenvalue weighted by atomic mass is 10.1.